The van der Waals surface area contributed by atoms with Crippen molar-refractivity contribution in [3.05, 3.63) is 41.6 Å². The number of hydrogen-bond donors (Lipinski definition) is 3. The number of carbonyl (C=O) groups is 1. The summed E-state index contributed by atoms with van der Waals surface area (Å²) in [6, 6.07) is 6.64. The van der Waals surface area contributed by atoms with E-state index in [1.807, 2.05) is 13.8 Å². The summed E-state index contributed by atoms with van der Waals surface area (Å²) in [5, 5.41) is 12.8. The maximum absolute atomic E-state index is 11.8. The highest BCUT2D eigenvalue weighted by Gasteiger charge is 2.17. The molecule has 2 aromatic rings. The molecule has 7 nitrogen and oxygen atoms in total. The topological polar surface area (TPSA) is 85.6 Å². The summed E-state index contributed by atoms with van der Waals surface area (Å²) in [5.41, 5.74) is 2.42. The summed E-state index contributed by atoms with van der Waals surface area (Å²) in [4.78, 5) is 11.8. The lowest BCUT2D eigenvalue weighted by Crippen LogP contribution is -2.21. The van der Waals surface area contributed by atoms with Crippen LogP contribution in [0.5, 0.6) is 11.6 Å². The molecule has 0 saturated carbocycles. The number of ether oxygens (including phenoxy) is 2. The Morgan fingerprint density at radius 3 is 2.82 bits per heavy atom. The zero-order chi connectivity index (χ0) is 16.1. The molecule has 0 bridgehead atoms. The molecule has 0 radical (unpaired) electrons. The molecule has 0 unspecified atom stereocenters. The minimum Gasteiger partial charge on any atom is -0.491 e. The van der Waals surface area contributed by atoms with Crippen LogP contribution in [0, 0.1) is 0 Å². The lowest BCUT2D eigenvalue weighted by Gasteiger charge is -2.16. The van der Waals surface area contributed by atoms with Crippen molar-refractivity contribution in [3.8, 4) is 11.6 Å². The summed E-state index contributed by atoms with van der Waals surface area (Å²) in [5.74, 6) is 0.249. The Kier molecular flexibility index (Phi) is 5.29. The number of nitrogens with zero attached hydrogens (tertiary/aromatic N) is 2. The van der Waals surface area contributed by atoms with Gasteiger partial charge in [-0.3, -0.25) is 10.0 Å². The molecule has 0 aliphatic rings. The first-order chi connectivity index (χ1) is 10.5. The maximum Gasteiger partial charge on any atom is 0.275 e. The zero-order valence-electron chi connectivity index (χ0n) is 12.2. The van der Waals surface area contributed by atoms with Crippen molar-refractivity contribution >= 4 is 18.7 Å². The summed E-state index contributed by atoms with van der Waals surface area (Å²) in [7, 11) is 0. The number of carbonyl (C=O) groups excluding carboxylic acids is 1. The molecule has 0 aliphatic heterocycles. The van der Waals surface area contributed by atoms with Gasteiger partial charge in [-0.25, -0.2) is 9.57 Å². The van der Waals surface area contributed by atoms with Crippen molar-refractivity contribution in [2.75, 3.05) is 0 Å². The Hall–Kier alpha value is -2.19. The Morgan fingerprint density at radius 1 is 1.45 bits per heavy atom. The largest absolute Gasteiger partial charge is 0.491 e. The number of benzene rings is 1. The number of aromatic nitrogens is 2. The normalized spacial score (nSPS) is 10.6. The first-order valence-electron chi connectivity index (χ1n) is 6.62. The van der Waals surface area contributed by atoms with Crippen LogP contribution < -0.4 is 15.0 Å². The van der Waals surface area contributed by atoms with Crippen molar-refractivity contribution in [1.82, 2.24) is 14.7 Å². The Bertz CT molecular complexity index is 657. The second-order valence-electron chi connectivity index (χ2n) is 4.75. The highest BCUT2D eigenvalue weighted by atomic mass is 32.1. The fourth-order valence-corrected chi connectivity index (χ4v) is 2.03. The van der Waals surface area contributed by atoms with Crippen LogP contribution in [0.4, 0.5) is 0 Å². The van der Waals surface area contributed by atoms with Gasteiger partial charge in [-0.2, -0.15) is 0 Å². The Balaban J connectivity index is 2.29. The third-order valence-corrected chi connectivity index (χ3v) is 2.98. The minimum absolute atomic E-state index is 0.0659. The van der Waals surface area contributed by atoms with Crippen molar-refractivity contribution < 1.29 is 19.5 Å². The first-order valence-corrected chi connectivity index (χ1v) is 7.02. The van der Waals surface area contributed by atoms with Crippen LogP contribution in [0.3, 0.4) is 0 Å². The third kappa shape index (κ3) is 3.92. The van der Waals surface area contributed by atoms with Crippen molar-refractivity contribution in [2.24, 2.45) is 0 Å². The standard InChI is InChI=1S/C14H17N3O4S/c1-9(2)21-12-5-3-4-10(14(18)16-19)11(12)8-20-13-6-7-17(22)15-13/h3-7,9,19,22H,8H2,1-2H3,(H,16,18). The number of amides is 1. The van der Waals surface area contributed by atoms with Crippen LogP contribution in [-0.4, -0.2) is 26.4 Å². The summed E-state index contributed by atoms with van der Waals surface area (Å²) in [6.45, 7) is 3.83. The van der Waals surface area contributed by atoms with Crippen LogP contribution in [0.15, 0.2) is 30.5 Å². The summed E-state index contributed by atoms with van der Waals surface area (Å²) in [6.07, 6.45) is 1.55. The molecule has 1 amide bonds. The number of hydrogen-bond acceptors (Lipinski definition) is 6. The fourth-order valence-electron chi connectivity index (χ4n) is 1.87. The number of nitrogens with one attached hydrogen (secondary N) is 1. The molecule has 118 valence electrons. The molecule has 22 heavy (non-hydrogen) atoms. The minimum atomic E-state index is -0.632. The fraction of sp³-hybridized carbons (Fsp3) is 0.286. The van der Waals surface area contributed by atoms with Gasteiger partial charge in [-0.15, -0.1) is 5.10 Å². The van der Waals surface area contributed by atoms with Gasteiger partial charge >= 0.3 is 0 Å². The second kappa shape index (κ2) is 7.19. The van der Waals surface area contributed by atoms with Crippen molar-refractivity contribution in [2.45, 2.75) is 26.6 Å². The molecule has 8 heteroatoms. The van der Waals surface area contributed by atoms with Crippen LogP contribution in [0.1, 0.15) is 29.8 Å². The van der Waals surface area contributed by atoms with Crippen molar-refractivity contribution in [3.63, 3.8) is 0 Å². The van der Waals surface area contributed by atoms with E-state index in [4.69, 9.17) is 14.7 Å². The quantitative estimate of drug-likeness (QED) is 0.430. The van der Waals surface area contributed by atoms with Gasteiger partial charge in [-0.1, -0.05) is 6.07 Å². The molecular formula is C14H17N3O4S. The summed E-state index contributed by atoms with van der Waals surface area (Å²) < 4.78 is 12.6. The second-order valence-corrected chi connectivity index (χ2v) is 5.16. The van der Waals surface area contributed by atoms with E-state index in [2.05, 4.69) is 17.9 Å². The van der Waals surface area contributed by atoms with Crippen LogP contribution in [0.2, 0.25) is 0 Å². The predicted molar refractivity (Wildman–Crippen MR) is 82.4 cm³/mol. The zero-order valence-corrected chi connectivity index (χ0v) is 13.1. The lowest BCUT2D eigenvalue weighted by molar-refractivity contribution is 0.0702. The SMILES string of the molecule is CC(C)Oc1cccc(C(=O)NO)c1COc1ccn(S)n1. The number of hydroxylamine groups is 1. The first kappa shape index (κ1) is 16.2. The van der Waals surface area contributed by atoms with Gasteiger partial charge < -0.3 is 9.47 Å². The molecule has 0 spiro atoms. The van der Waals surface area contributed by atoms with Gasteiger partial charge in [0, 0.05) is 17.8 Å². The molecule has 0 fully saturated rings. The van der Waals surface area contributed by atoms with Crippen molar-refractivity contribution in [1.29, 1.82) is 0 Å². The van der Waals surface area contributed by atoms with Gasteiger partial charge in [0.25, 0.3) is 5.91 Å². The Morgan fingerprint density at radius 2 is 2.23 bits per heavy atom. The van der Waals surface area contributed by atoms with Gasteiger partial charge in [0.15, 0.2) is 0 Å². The molecule has 0 atom stereocenters. The van der Waals surface area contributed by atoms with Gasteiger partial charge in [0.1, 0.15) is 12.4 Å². The highest BCUT2D eigenvalue weighted by molar-refractivity contribution is 7.78. The van der Waals surface area contributed by atoms with E-state index >= 15 is 0 Å². The van der Waals surface area contributed by atoms with E-state index in [-0.39, 0.29) is 18.3 Å². The Labute approximate surface area is 133 Å². The highest BCUT2D eigenvalue weighted by Crippen LogP contribution is 2.25. The molecular weight excluding hydrogens is 306 g/mol. The smallest absolute Gasteiger partial charge is 0.275 e. The van der Waals surface area contributed by atoms with E-state index < -0.39 is 5.91 Å². The summed E-state index contributed by atoms with van der Waals surface area (Å²) >= 11 is 4.02. The van der Waals surface area contributed by atoms with Gasteiger partial charge in [-0.05, 0) is 38.8 Å². The predicted octanol–water partition coefficient (Wildman–Crippen LogP) is 2.06. The average molecular weight is 323 g/mol. The molecule has 2 N–H and O–H groups in total. The van der Waals surface area contributed by atoms with E-state index in [1.165, 1.54) is 4.09 Å². The maximum atomic E-state index is 11.8. The van der Waals surface area contributed by atoms with E-state index in [0.717, 1.165) is 0 Å². The van der Waals surface area contributed by atoms with E-state index in [9.17, 15) is 4.79 Å². The number of rotatable bonds is 6. The van der Waals surface area contributed by atoms with Crippen LogP contribution >= 0.6 is 12.8 Å². The van der Waals surface area contributed by atoms with E-state index in [1.54, 1.807) is 35.9 Å². The number of thiol groups is 1. The molecule has 1 heterocycles. The molecule has 2 rings (SSSR count). The van der Waals surface area contributed by atoms with Gasteiger partial charge in [0.2, 0.25) is 5.88 Å². The molecule has 1 aromatic heterocycles. The molecule has 0 aliphatic carbocycles. The van der Waals surface area contributed by atoms with E-state index in [0.29, 0.717) is 17.2 Å². The molecule has 1 aromatic carbocycles. The lowest BCUT2D eigenvalue weighted by atomic mass is 10.1. The van der Waals surface area contributed by atoms with Crippen LogP contribution in [0.25, 0.3) is 0 Å². The molecule has 0 saturated heterocycles. The van der Waals surface area contributed by atoms with Gasteiger partial charge in [0.05, 0.1) is 11.7 Å². The average Bonchev–Trinajstić information content (AvgIpc) is 2.90. The van der Waals surface area contributed by atoms with Crippen LogP contribution in [-0.2, 0) is 6.61 Å². The monoisotopic (exact) mass is 323 g/mol. The third-order valence-electron chi connectivity index (χ3n) is 2.76.